The third-order valence-electron chi connectivity index (χ3n) is 2.08. The lowest BCUT2D eigenvalue weighted by Crippen LogP contribution is -2.50. The number of piperazine rings is 1. The van der Waals surface area contributed by atoms with Crippen molar-refractivity contribution in [1.29, 1.82) is 0 Å². The molecule has 1 aliphatic rings. The summed E-state index contributed by atoms with van der Waals surface area (Å²) >= 11 is 0. The lowest BCUT2D eigenvalue weighted by Gasteiger charge is -2.26. The Kier molecular flexibility index (Phi) is 4.76. The van der Waals surface area contributed by atoms with Crippen LogP contribution in [0.3, 0.4) is 0 Å². The van der Waals surface area contributed by atoms with E-state index in [1.54, 1.807) is 0 Å². The zero-order chi connectivity index (χ0) is 10.4. The van der Waals surface area contributed by atoms with Crippen molar-refractivity contribution < 1.29 is 8.42 Å². The highest BCUT2D eigenvalue weighted by Gasteiger charge is 2.22. The van der Waals surface area contributed by atoms with Gasteiger partial charge >= 0.3 is 0 Å². The molecule has 0 aromatic rings. The van der Waals surface area contributed by atoms with Crippen LogP contribution in [0.1, 0.15) is 6.42 Å². The molecule has 0 aromatic heterocycles. The maximum Gasteiger partial charge on any atom is 0.279 e. The van der Waals surface area contributed by atoms with Crippen molar-refractivity contribution in [1.82, 2.24) is 14.3 Å². The zero-order valence-electron chi connectivity index (χ0n) is 8.20. The van der Waals surface area contributed by atoms with Gasteiger partial charge in [-0.15, -0.1) is 0 Å². The molecular weight excluding hydrogens is 204 g/mol. The van der Waals surface area contributed by atoms with E-state index in [9.17, 15) is 8.42 Å². The lowest BCUT2D eigenvalue weighted by atomic mass is 10.4. The first-order valence-corrected chi connectivity index (χ1v) is 6.26. The van der Waals surface area contributed by atoms with Crippen LogP contribution in [0.2, 0.25) is 0 Å². The second kappa shape index (κ2) is 5.62. The monoisotopic (exact) mass is 222 g/mol. The van der Waals surface area contributed by atoms with E-state index in [1.807, 2.05) is 0 Å². The van der Waals surface area contributed by atoms with Gasteiger partial charge in [0.2, 0.25) is 0 Å². The SMILES string of the molecule is NCCCNS(=O)(=O)N1CCNCC1. The minimum atomic E-state index is -3.27. The van der Waals surface area contributed by atoms with E-state index in [2.05, 4.69) is 10.0 Å². The summed E-state index contributed by atoms with van der Waals surface area (Å²) in [4.78, 5) is 0. The van der Waals surface area contributed by atoms with Gasteiger partial charge in [0.05, 0.1) is 0 Å². The summed E-state index contributed by atoms with van der Waals surface area (Å²) < 4.78 is 27.2. The van der Waals surface area contributed by atoms with Gasteiger partial charge in [0.15, 0.2) is 0 Å². The van der Waals surface area contributed by atoms with Crippen LogP contribution in [0, 0.1) is 0 Å². The molecule has 0 bridgehead atoms. The van der Waals surface area contributed by atoms with Gasteiger partial charge in [0.1, 0.15) is 0 Å². The molecule has 1 fully saturated rings. The molecule has 0 radical (unpaired) electrons. The van der Waals surface area contributed by atoms with E-state index in [0.717, 1.165) is 13.1 Å². The Morgan fingerprint density at radius 2 is 2.00 bits per heavy atom. The van der Waals surface area contributed by atoms with Gasteiger partial charge in [-0.3, -0.25) is 0 Å². The molecule has 0 unspecified atom stereocenters. The number of nitrogens with one attached hydrogen (secondary N) is 2. The van der Waals surface area contributed by atoms with Gasteiger partial charge in [0, 0.05) is 32.7 Å². The predicted octanol–water partition coefficient (Wildman–Crippen LogP) is -1.93. The van der Waals surface area contributed by atoms with Gasteiger partial charge < -0.3 is 11.1 Å². The second-order valence-corrected chi connectivity index (χ2v) is 4.95. The molecule has 1 saturated heterocycles. The highest BCUT2D eigenvalue weighted by molar-refractivity contribution is 7.87. The highest BCUT2D eigenvalue weighted by Crippen LogP contribution is 1.99. The molecular formula is C7H18N4O2S. The standard InChI is InChI=1S/C7H18N4O2S/c8-2-1-3-10-14(12,13)11-6-4-9-5-7-11/h9-10H,1-8H2. The lowest BCUT2D eigenvalue weighted by molar-refractivity contribution is 0.355. The van der Waals surface area contributed by atoms with Crippen LogP contribution in [0.25, 0.3) is 0 Å². The minimum absolute atomic E-state index is 0.419. The minimum Gasteiger partial charge on any atom is -0.330 e. The number of hydrogen-bond donors (Lipinski definition) is 3. The third-order valence-corrected chi connectivity index (χ3v) is 3.70. The van der Waals surface area contributed by atoms with Gasteiger partial charge in [-0.25, -0.2) is 4.72 Å². The number of hydrogen-bond acceptors (Lipinski definition) is 4. The molecule has 1 aliphatic heterocycles. The normalized spacial score (nSPS) is 19.8. The van der Waals surface area contributed by atoms with E-state index in [4.69, 9.17) is 5.73 Å². The van der Waals surface area contributed by atoms with Crippen molar-refractivity contribution in [3.05, 3.63) is 0 Å². The van der Waals surface area contributed by atoms with Crippen molar-refractivity contribution in [3.63, 3.8) is 0 Å². The predicted molar refractivity (Wildman–Crippen MR) is 55.0 cm³/mol. The number of rotatable bonds is 5. The summed E-state index contributed by atoms with van der Waals surface area (Å²) in [6, 6.07) is 0. The molecule has 6 nitrogen and oxygen atoms in total. The van der Waals surface area contributed by atoms with E-state index < -0.39 is 10.2 Å². The summed E-state index contributed by atoms with van der Waals surface area (Å²) in [6.07, 6.45) is 0.672. The summed E-state index contributed by atoms with van der Waals surface area (Å²) in [5, 5.41) is 3.10. The second-order valence-electron chi connectivity index (χ2n) is 3.19. The molecule has 4 N–H and O–H groups in total. The Labute approximate surface area is 85.0 Å². The maximum absolute atomic E-state index is 11.6. The fourth-order valence-electron chi connectivity index (χ4n) is 1.28. The number of nitrogens with zero attached hydrogens (tertiary/aromatic N) is 1. The molecule has 0 spiro atoms. The molecule has 0 aliphatic carbocycles. The van der Waals surface area contributed by atoms with Crippen LogP contribution >= 0.6 is 0 Å². The first kappa shape index (κ1) is 11.9. The van der Waals surface area contributed by atoms with Gasteiger partial charge in [-0.1, -0.05) is 0 Å². The summed E-state index contributed by atoms with van der Waals surface area (Å²) in [5.74, 6) is 0. The summed E-state index contributed by atoms with van der Waals surface area (Å²) in [6.45, 7) is 3.44. The summed E-state index contributed by atoms with van der Waals surface area (Å²) in [5.41, 5.74) is 5.28. The quantitative estimate of drug-likeness (QED) is 0.473. The first-order chi connectivity index (χ1) is 6.67. The van der Waals surface area contributed by atoms with Crippen LogP contribution in [0.15, 0.2) is 0 Å². The van der Waals surface area contributed by atoms with Crippen molar-refractivity contribution in [2.45, 2.75) is 6.42 Å². The van der Waals surface area contributed by atoms with E-state index in [0.29, 0.717) is 32.6 Å². The Balaban J connectivity index is 2.38. The smallest absolute Gasteiger partial charge is 0.279 e. The zero-order valence-corrected chi connectivity index (χ0v) is 9.02. The fraction of sp³-hybridized carbons (Fsp3) is 1.00. The van der Waals surface area contributed by atoms with E-state index >= 15 is 0 Å². The van der Waals surface area contributed by atoms with Crippen LogP contribution in [-0.2, 0) is 10.2 Å². The van der Waals surface area contributed by atoms with E-state index in [1.165, 1.54) is 4.31 Å². The van der Waals surface area contributed by atoms with Crippen molar-refractivity contribution in [2.24, 2.45) is 5.73 Å². The maximum atomic E-state index is 11.6. The van der Waals surface area contributed by atoms with Crippen molar-refractivity contribution >= 4 is 10.2 Å². The van der Waals surface area contributed by atoms with Gasteiger partial charge in [-0.2, -0.15) is 12.7 Å². The summed E-state index contributed by atoms with van der Waals surface area (Å²) in [7, 11) is -3.27. The van der Waals surface area contributed by atoms with Crippen LogP contribution < -0.4 is 15.8 Å². The van der Waals surface area contributed by atoms with Crippen molar-refractivity contribution in [3.8, 4) is 0 Å². The Hall–Kier alpha value is -0.210. The average molecular weight is 222 g/mol. The Bertz CT molecular complexity index is 248. The molecule has 0 atom stereocenters. The molecule has 0 saturated carbocycles. The fourth-order valence-corrected chi connectivity index (χ4v) is 2.53. The molecule has 1 heterocycles. The molecule has 0 amide bonds. The topological polar surface area (TPSA) is 87.5 Å². The molecule has 84 valence electrons. The molecule has 0 aromatic carbocycles. The third kappa shape index (κ3) is 3.50. The molecule has 1 rings (SSSR count). The van der Waals surface area contributed by atoms with Crippen LogP contribution in [0.4, 0.5) is 0 Å². The largest absolute Gasteiger partial charge is 0.330 e. The molecule has 14 heavy (non-hydrogen) atoms. The van der Waals surface area contributed by atoms with Gasteiger partial charge in [0.25, 0.3) is 10.2 Å². The van der Waals surface area contributed by atoms with Gasteiger partial charge in [-0.05, 0) is 13.0 Å². The average Bonchev–Trinajstić information content (AvgIpc) is 2.19. The Morgan fingerprint density at radius 1 is 1.36 bits per heavy atom. The Morgan fingerprint density at radius 3 is 2.57 bits per heavy atom. The van der Waals surface area contributed by atoms with Crippen molar-refractivity contribution in [2.75, 3.05) is 39.3 Å². The molecule has 7 heteroatoms. The van der Waals surface area contributed by atoms with E-state index in [-0.39, 0.29) is 0 Å². The number of nitrogens with two attached hydrogens (primary N) is 1. The van der Waals surface area contributed by atoms with Crippen LogP contribution in [0.5, 0.6) is 0 Å². The first-order valence-electron chi connectivity index (χ1n) is 4.82. The highest BCUT2D eigenvalue weighted by atomic mass is 32.2. The van der Waals surface area contributed by atoms with Crippen LogP contribution in [-0.4, -0.2) is 52.0 Å².